The Morgan fingerprint density at radius 3 is 2.24 bits per heavy atom. The van der Waals surface area contributed by atoms with Crippen LogP contribution in [-0.2, 0) is 37.8 Å². The van der Waals surface area contributed by atoms with Crippen molar-refractivity contribution in [1.29, 1.82) is 0 Å². The molecule has 0 aliphatic carbocycles. The number of nitrogens with one attached hydrogen (secondary N) is 1. The van der Waals surface area contributed by atoms with E-state index in [0.29, 0.717) is 30.0 Å². The van der Waals surface area contributed by atoms with Gasteiger partial charge in [0.15, 0.2) is 6.61 Å². The fourth-order valence-electron chi connectivity index (χ4n) is 3.59. The van der Waals surface area contributed by atoms with Gasteiger partial charge in [0.2, 0.25) is 10.0 Å². The van der Waals surface area contributed by atoms with Gasteiger partial charge in [-0.05, 0) is 60.0 Å². The quantitative estimate of drug-likeness (QED) is 0.483. The lowest BCUT2D eigenvalue weighted by atomic mass is 10.2. The Balaban J connectivity index is 1.31. The Morgan fingerprint density at radius 1 is 0.912 bits per heavy atom. The number of nitrogens with two attached hydrogens (primary N) is 1. The van der Waals surface area contributed by atoms with Crippen LogP contribution < -0.4 is 19.5 Å². The normalized spacial score (nSPS) is 13.4. The number of sulfonamides is 2. The highest BCUT2D eigenvalue weighted by molar-refractivity contribution is 7.92. The molecule has 0 aromatic heterocycles. The Hall–Kier alpha value is -3.41. The molecule has 178 valence electrons. The van der Waals surface area contributed by atoms with E-state index in [-0.39, 0.29) is 28.8 Å². The molecule has 0 saturated heterocycles. The minimum atomic E-state index is -3.77. The van der Waals surface area contributed by atoms with Gasteiger partial charge in [-0.3, -0.25) is 9.10 Å². The van der Waals surface area contributed by atoms with Gasteiger partial charge in [-0.2, -0.15) is 0 Å². The van der Waals surface area contributed by atoms with Crippen molar-refractivity contribution >= 4 is 31.6 Å². The molecule has 0 unspecified atom stereocenters. The first-order chi connectivity index (χ1) is 16.1. The summed E-state index contributed by atoms with van der Waals surface area (Å²) < 4.78 is 55.5. The number of primary sulfonamides is 1. The zero-order chi connectivity index (χ0) is 24.3. The summed E-state index contributed by atoms with van der Waals surface area (Å²) in [6, 6.07) is 19.2. The highest BCUT2D eigenvalue weighted by atomic mass is 32.2. The maximum Gasteiger partial charge on any atom is 0.264 e. The van der Waals surface area contributed by atoms with Crippen molar-refractivity contribution in [1.82, 2.24) is 5.32 Å². The Morgan fingerprint density at radius 2 is 1.56 bits per heavy atom. The molecule has 3 aromatic rings. The number of hydrogen-bond acceptors (Lipinski definition) is 6. The summed E-state index contributed by atoms with van der Waals surface area (Å²) in [6.07, 6.45) is 0.669. The van der Waals surface area contributed by atoms with E-state index in [0.717, 1.165) is 5.56 Å². The van der Waals surface area contributed by atoms with Gasteiger partial charge in [-0.25, -0.2) is 22.0 Å². The number of rotatable bonds is 8. The average Bonchev–Trinajstić information content (AvgIpc) is 3.26. The van der Waals surface area contributed by atoms with E-state index < -0.39 is 20.0 Å². The molecule has 0 spiro atoms. The molecule has 1 aliphatic rings. The molecule has 0 fully saturated rings. The molecule has 11 heteroatoms. The third-order valence-corrected chi connectivity index (χ3v) is 8.12. The molecule has 1 amide bonds. The highest BCUT2D eigenvalue weighted by Crippen LogP contribution is 2.33. The molecule has 1 aliphatic heterocycles. The van der Waals surface area contributed by atoms with E-state index >= 15 is 0 Å². The van der Waals surface area contributed by atoms with Crippen LogP contribution in [0.25, 0.3) is 0 Å². The second kappa shape index (κ2) is 9.45. The van der Waals surface area contributed by atoms with E-state index in [1.807, 2.05) is 18.2 Å². The minimum Gasteiger partial charge on any atom is -0.484 e. The zero-order valence-corrected chi connectivity index (χ0v) is 19.7. The highest BCUT2D eigenvalue weighted by Gasteiger charge is 2.30. The van der Waals surface area contributed by atoms with Crippen molar-refractivity contribution in [2.75, 3.05) is 17.5 Å². The van der Waals surface area contributed by atoms with Crippen molar-refractivity contribution in [3.05, 3.63) is 83.9 Å². The first-order valence-corrected chi connectivity index (χ1v) is 13.4. The molecular formula is C23H23N3O6S2. The molecule has 0 atom stereocenters. The van der Waals surface area contributed by atoms with Crippen molar-refractivity contribution < 1.29 is 26.4 Å². The third-order valence-electron chi connectivity index (χ3n) is 5.37. The fourth-order valence-corrected chi connectivity index (χ4v) is 5.61. The average molecular weight is 502 g/mol. The number of nitrogens with zero attached hydrogens (tertiary/aromatic N) is 1. The minimum absolute atomic E-state index is 0.00897. The van der Waals surface area contributed by atoms with Gasteiger partial charge >= 0.3 is 0 Å². The zero-order valence-electron chi connectivity index (χ0n) is 18.0. The monoisotopic (exact) mass is 501 g/mol. The number of benzene rings is 3. The molecular weight excluding hydrogens is 478 g/mol. The van der Waals surface area contributed by atoms with Crippen LogP contribution in [0.2, 0.25) is 0 Å². The lowest BCUT2D eigenvalue weighted by molar-refractivity contribution is -0.123. The van der Waals surface area contributed by atoms with Crippen molar-refractivity contribution in [2.24, 2.45) is 5.14 Å². The second-order valence-electron chi connectivity index (χ2n) is 7.68. The van der Waals surface area contributed by atoms with Crippen LogP contribution in [0.5, 0.6) is 5.75 Å². The van der Waals surface area contributed by atoms with Gasteiger partial charge in [0, 0.05) is 13.1 Å². The maximum absolute atomic E-state index is 13.1. The van der Waals surface area contributed by atoms with Gasteiger partial charge in [-0.15, -0.1) is 0 Å². The lowest BCUT2D eigenvalue weighted by Crippen LogP contribution is -2.29. The van der Waals surface area contributed by atoms with Crippen LogP contribution in [0.15, 0.2) is 82.6 Å². The van der Waals surface area contributed by atoms with Crippen molar-refractivity contribution in [2.45, 2.75) is 22.8 Å². The van der Waals surface area contributed by atoms with Crippen LogP contribution in [0.3, 0.4) is 0 Å². The number of anilines is 1. The smallest absolute Gasteiger partial charge is 0.264 e. The van der Waals surface area contributed by atoms with E-state index in [4.69, 9.17) is 9.88 Å². The van der Waals surface area contributed by atoms with Crippen LogP contribution in [0.4, 0.5) is 5.69 Å². The molecule has 1 heterocycles. The van der Waals surface area contributed by atoms with Gasteiger partial charge in [-0.1, -0.05) is 30.3 Å². The second-order valence-corrected chi connectivity index (χ2v) is 11.1. The largest absolute Gasteiger partial charge is 0.484 e. The van der Waals surface area contributed by atoms with E-state index in [1.54, 1.807) is 18.2 Å². The summed E-state index contributed by atoms with van der Waals surface area (Å²) in [5.74, 6) is -0.0330. The Bertz CT molecular complexity index is 1400. The predicted octanol–water partition coefficient (Wildman–Crippen LogP) is 1.78. The molecule has 4 rings (SSSR count). The van der Waals surface area contributed by atoms with Crippen LogP contribution in [-0.4, -0.2) is 35.9 Å². The summed E-state index contributed by atoms with van der Waals surface area (Å²) in [6.45, 7) is 0.313. The van der Waals surface area contributed by atoms with Crippen LogP contribution >= 0.6 is 0 Å². The summed E-state index contributed by atoms with van der Waals surface area (Å²) in [4.78, 5) is 12.2. The maximum atomic E-state index is 13.1. The number of carbonyl (C=O) groups is 1. The van der Waals surface area contributed by atoms with Crippen LogP contribution in [0, 0.1) is 0 Å². The standard InChI is InChI=1S/C23H23N3O6S2/c24-33(28,29)20-9-5-17(6-10-20)15-25-23(27)16-32-19-7-11-21(12-8-19)34(30,31)26-14-13-18-3-1-2-4-22(18)26/h1-12H,13-16H2,(H,25,27)(H2,24,28,29). The first-order valence-electron chi connectivity index (χ1n) is 10.4. The van der Waals surface area contributed by atoms with Crippen molar-refractivity contribution in [3.8, 4) is 5.75 Å². The molecule has 0 saturated carbocycles. The predicted molar refractivity (Wildman–Crippen MR) is 126 cm³/mol. The summed E-state index contributed by atoms with van der Waals surface area (Å²) >= 11 is 0. The molecule has 0 radical (unpaired) electrons. The van der Waals surface area contributed by atoms with Gasteiger partial charge < -0.3 is 10.1 Å². The summed E-state index contributed by atoms with van der Waals surface area (Å²) in [5.41, 5.74) is 2.38. The first kappa shape index (κ1) is 23.7. The number of amides is 1. The molecule has 0 bridgehead atoms. The lowest BCUT2D eigenvalue weighted by Gasteiger charge is -2.19. The molecule has 3 N–H and O–H groups in total. The summed E-state index contributed by atoms with van der Waals surface area (Å²) in [7, 11) is -7.47. The fraction of sp³-hybridized carbons (Fsp3) is 0.174. The summed E-state index contributed by atoms with van der Waals surface area (Å²) in [5, 5.41) is 7.72. The number of carbonyl (C=O) groups excluding carboxylic acids is 1. The number of hydrogen-bond donors (Lipinski definition) is 2. The topological polar surface area (TPSA) is 136 Å². The van der Waals surface area contributed by atoms with Gasteiger partial charge in [0.25, 0.3) is 15.9 Å². The van der Waals surface area contributed by atoms with Crippen molar-refractivity contribution in [3.63, 3.8) is 0 Å². The number of fused-ring (bicyclic) bond motifs is 1. The molecule has 3 aromatic carbocycles. The van der Waals surface area contributed by atoms with Gasteiger partial charge in [0.05, 0.1) is 15.5 Å². The molecule has 9 nitrogen and oxygen atoms in total. The number of ether oxygens (including phenoxy) is 1. The molecule has 34 heavy (non-hydrogen) atoms. The third kappa shape index (κ3) is 5.22. The van der Waals surface area contributed by atoms with Gasteiger partial charge in [0.1, 0.15) is 5.75 Å². The van der Waals surface area contributed by atoms with E-state index in [9.17, 15) is 21.6 Å². The Labute approximate surface area is 198 Å². The van der Waals surface area contributed by atoms with Crippen LogP contribution in [0.1, 0.15) is 11.1 Å². The van der Waals surface area contributed by atoms with E-state index in [2.05, 4.69) is 5.32 Å². The number of para-hydroxylation sites is 1. The Kier molecular flexibility index (Phi) is 6.60. The SMILES string of the molecule is NS(=O)(=O)c1ccc(CNC(=O)COc2ccc(S(=O)(=O)N3CCc4ccccc43)cc2)cc1. The van der Waals surface area contributed by atoms with E-state index in [1.165, 1.54) is 40.7 Å².